The molecular weight excluding hydrogens is 237 g/mol. The second kappa shape index (κ2) is 5.83. The highest BCUT2D eigenvalue weighted by Gasteiger charge is 2.32. The summed E-state index contributed by atoms with van der Waals surface area (Å²) in [7, 11) is 0. The molecule has 1 aliphatic carbocycles. The Hall–Kier alpha value is -0.600. The summed E-state index contributed by atoms with van der Waals surface area (Å²) < 4.78 is 13.0. The molecule has 0 heterocycles. The van der Waals surface area contributed by atoms with Crippen molar-refractivity contribution in [3.8, 4) is 0 Å². The summed E-state index contributed by atoms with van der Waals surface area (Å²) in [6.07, 6.45) is 5.00. The summed E-state index contributed by atoms with van der Waals surface area (Å²) in [6.45, 7) is 1.66. The topological polar surface area (TPSA) is 12.0 Å². The van der Waals surface area contributed by atoms with Crippen molar-refractivity contribution in [3.05, 3.63) is 35.6 Å². The van der Waals surface area contributed by atoms with Gasteiger partial charge in [0.1, 0.15) is 5.82 Å². The van der Waals surface area contributed by atoms with Gasteiger partial charge in [-0.15, -0.1) is 11.6 Å². The van der Waals surface area contributed by atoms with E-state index in [2.05, 4.69) is 5.32 Å². The van der Waals surface area contributed by atoms with Crippen molar-refractivity contribution in [2.24, 2.45) is 5.41 Å². The van der Waals surface area contributed by atoms with Crippen LogP contribution in [0.2, 0.25) is 0 Å². The van der Waals surface area contributed by atoms with Gasteiger partial charge in [-0.2, -0.15) is 0 Å². The molecule has 1 nitrogen and oxygen atoms in total. The monoisotopic (exact) mass is 255 g/mol. The quantitative estimate of drug-likeness (QED) is 0.791. The molecule has 0 unspecified atom stereocenters. The molecule has 0 aromatic heterocycles. The van der Waals surface area contributed by atoms with Gasteiger partial charge in [0.05, 0.1) is 0 Å². The molecule has 94 valence electrons. The van der Waals surface area contributed by atoms with Crippen molar-refractivity contribution in [1.82, 2.24) is 5.32 Å². The predicted octanol–water partition coefficient (Wildman–Crippen LogP) is 3.71. The molecule has 0 spiro atoms. The molecule has 1 aliphatic rings. The Labute approximate surface area is 107 Å². The van der Waals surface area contributed by atoms with Gasteiger partial charge >= 0.3 is 0 Å². The molecule has 0 aliphatic heterocycles. The average Bonchev–Trinajstić information content (AvgIpc) is 2.79. The van der Waals surface area contributed by atoms with Crippen LogP contribution in [0.4, 0.5) is 4.39 Å². The number of alkyl halides is 1. The molecule has 1 aromatic rings. The van der Waals surface area contributed by atoms with E-state index in [1.165, 1.54) is 31.7 Å². The Balaban J connectivity index is 1.82. The molecule has 2 rings (SSSR count). The van der Waals surface area contributed by atoms with E-state index in [9.17, 15) is 4.39 Å². The second-order valence-corrected chi connectivity index (χ2v) is 5.34. The number of rotatable bonds is 5. The molecule has 0 bridgehead atoms. The minimum atomic E-state index is -0.169. The number of hydrogen-bond acceptors (Lipinski definition) is 1. The molecule has 1 saturated carbocycles. The molecule has 0 atom stereocenters. The first kappa shape index (κ1) is 12.8. The van der Waals surface area contributed by atoms with E-state index in [1.54, 1.807) is 12.1 Å². The lowest BCUT2D eigenvalue weighted by molar-refractivity contribution is 0.320. The summed E-state index contributed by atoms with van der Waals surface area (Å²) in [5.74, 6) is 0.556. The van der Waals surface area contributed by atoms with Crippen LogP contribution < -0.4 is 5.32 Å². The predicted molar refractivity (Wildman–Crippen MR) is 69.7 cm³/mol. The Morgan fingerprint density at radius 1 is 1.29 bits per heavy atom. The van der Waals surface area contributed by atoms with Crippen molar-refractivity contribution in [1.29, 1.82) is 0 Å². The van der Waals surface area contributed by atoms with Gasteiger partial charge in [0.15, 0.2) is 0 Å². The first-order chi connectivity index (χ1) is 8.24. The standard InChI is InChI=1S/C14H19ClFN/c15-10-14(6-1-2-7-14)11-17-9-12-4-3-5-13(16)8-12/h3-5,8,17H,1-2,6-7,9-11H2. The molecule has 17 heavy (non-hydrogen) atoms. The highest BCUT2D eigenvalue weighted by Crippen LogP contribution is 2.38. The molecular formula is C14H19ClFN. The number of benzene rings is 1. The van der Waals surface area contributed by atoms with E-state index >= 15 is 0 Å². The Kier molecular flexibility index (Phi) is 4.41. The molecule has 1 fully saturated rings. The van der Waals surface area contributed by atoms with Crippen LogP contribution in [-0.4, -0.2) is 12.4 Å². The van der Waals surface area contributed by atoms with Gasteiger partial charge in [-0.05, 0) is 36.0 Å². The SMILES string of the molecule is Fc1cccc(CNCC2(CCl)CCCC2)c1. The fourth-order valence-corrected chi connectivity index (χ4v) is 2.96. The van der Waals surface area contributed by atoms with Crippen molar-refractivity contribution in [3.63, 3.8) is 0 Å². The molecule has 3 heteroatoms. The van der Waals surface area contributed by atoms with Crippen LogP contribution in [0.5, 0.6) is 0 Å². The summed E-state index contributed by atoms with van der Waals surface area (Å²) in [5.41, 5.74) is 1.27. The van der Waals surface area contributed by atoms with Gasteiger partial charge in [-0.1, -0.05) is 25.0 Å². The first-order valence-electron chi connectivity index (χ1n) is 6.25. The van der Waals surface area contributed by atoms with Crippen LogP contribution in [0.25, 0.3) is 0 Å². The lowest BCUT2D eigenvalue weighted by atomic mass is 9.88. The minimum absolute atomic E-state index is 0.169. The van der Waals surface area contributed by atoms with Crippen molar-refractivity contribution < 1.29 is 4.39 Å². The Morgan fingerprint density at radius 2 is 2.06 bits per heavy atom. The van der Waals surface area contributed by atoms with Gasteiger partial charge in [0, 0.05) is 19.0 Å². The van der Waals surface area contributed by atoms with Crippen LogP contribution in [0, 0.1) is 11.2 Å². The van der Waals surface area contributed by atoms with Crippen molar-refractivity contribution in [2.75, 3.05) is 12.4 Å². The van der Waals surface area contributed by atoms with E-state index in [1.807, 2.05) is 6.07 Å². The lowest BCUT2D eigenvalue weighted by Crippen LogP contribution is -2.33. The summed E-state index contributed by atoms with van der Waals surface area (Å²) in [4.78, 5) is 0. The third-order valence-electron chi connectivity index (χ3n) is 3.67. The number of halogens is 2. The number of nitrogens with one attached hydrogen (secondary N) is 1. The Bertz CT molecular complexity index is 361. The molecule has 0 amide bonds. The minimum Gasteiger partial charge on any atom is -0.312 e. The van der Waals surface area contributed by atoms with E-state index in [4.69, 9.17) is 11.6 Å². The van der Waals surface area contributed by atoms with Gasteiger partial charge < -0.3 is 5.32 Å². The lowest BCUT2D eigenvalue weighted by Gasteiger charge is -2.26. The van der Waals surface area contributed by atoms with Crippen LogP contribution in [0.1, 0.15) is 31.2 Å². The maximum atomic E-state index is 13.0. The normalized spacial score (nSPS) is 18.5. The molecule has 1 N–H and O–H groups in total. The third kappa shape index (κ3) is 3.43. The number of hydrogen-bond donors (Lipinski definition) is 1. The highest BCUT2D eigenvalue weighted by molar-refractivity contribution is 6.18. The van der Waals surface area contributed by atoms with E-state index in [0.717, 1.165) is 24.5 Å². The van der Waals surface area contributed by atoms with E-state index in [0.29, 0.717) is 0 Å². The fraction of sp³-hybridized carbons (Fsp3) is 0.571. The third-order valence-corrected chi connectivity index (χ3v) is 4.23. The second-order valence-electron chi connectivity index (χ2n) is 5.07. The summed E-state index contributed by atoms with van der Waals surface area (Å²) >= 11 is 6.07. The van der Waals surface area contributed by atoms with Crippen LogP contribution in [0.3, 0.4) is 0 Å². The van der Waals surface area contributed by atoms with Crippen molar-refractivity contribution >= 4 is 11.6 Å². The molecule has 0 radical (unpaired) electrons. The highest BCUT2D eigenvalue weighted by atomic mass is 35.5. The van der Waals surface area contributed by atoms with Crippen LogP contribution in [-0.2, 0) is 6.54 Å². The Morgan fingerprint density at radius 3 is 2.71 bits per heavy atom. The van der Waals surface area contributed by atoms with E-state index < -0.39 is 0 Å². The van der Waals surface area contributed by atoms with Gasteiger partial charge in [0.2, 0.25) is 0 Å². The fourth-order valence-electron chi connectivity index (χ4n) is 2.60. The van der Waals surface area contributed by atoms with Gasteiger partial charge in [0.25, 0.3) is 0 Å². The maximum Gasteiger partial charge on any atom is 0.123 e. The summed E-state index contributed by atoms with van der Waals surface area (Å²) in [5, 5.41) is 3.41. The molecule has 1 aromatic carbocycles. The largest absolute Gasteiger partial charge is 0.312 e. The van der Waals surface area contributed by atoms with Gasteiger partial charge in [-0.3, -0.25) is 0 Å². The van der Waals surface area contributed by atoms with Crippen molar-refractivity contribution in [2.45, 2.75) is 32.2 Å². The smallest absolute Gasteiger partial charge is 0.123 e. The first-order valence-corrected chi connectivity index (χ1v) is 6.79. The zero-order valence-corrected chi connectivity index (χ0v) is 10.8. The van der Waals surface area contributed by atoms with Crippen LogP contribution in [0.15, 0.2) is 24.3 Å². The summed E-state index contributed by atoms with van der Waals surface area (Å²) in [6, 6.07) is 6.74. The zero-order valence-electron chi connectivity index (χ0n) is 10.0. The molecule has 0 saturated heterocycles. The maximum absolute atomic E-state index is 13.0. The van der Waals surface area contributed by atoms with Gasteiger partial charge in [-0.25, -0.2) is 4.39 Å². The zero-order chi connectivity index (χ0) is 12.1. The van der Waals surface area contributed by atoms with Crippen LogP contribution >= 0.6 is 11.6 Å². The van der Waals surface area contributed by atoms with E-state index in [-0.39, 0.29) is 11.2 Å². The average molecular weight is 256 g/mol.